The number of aliphatic hydroxyl groups excluding tert-OH is 2. The maximum atomic E-state index is 12.4. The molecule has 1 amide bonds. The lowest BCUT2D eigenvalue weighted by atomic mass is 10.0. The molecule has 56 heavy (non-hydrogen) atoms. The summed E-state index contributed by atoms with van der Waals surface area (Å²) in [5, 5.41) is 23.1. The third-order valence-corrected chi connectivity index (χ3v) is 11.6. The summed E-state index contributed by atoms with van der Waals surface area (Å²) < 4.78 is 5.46. The highest BCUT2D eigenvalue weighted by Crippen LogP contribution is 2.16. The van der Waals surface area contributed by atoms with Gasteiger partial charge in [0.05, 0.1) is 25.4 Å². The van der Waals surface area contributed by atoms with E-state index in [0.29, 0.717) is 25.9 Å². The van der Waals surface area contributed by atoms with E-state index in [1.165, 1.54) is 180 Å². The van der Waals surface area contributed by atoms with Crippen molar-refractivity contribution in [1.82, 2.24) is 5.32 Å². The number of carbonyl (C=O) groups is 2. The van der Waals surface area contributed by atoms with Gasteiger partial charge in [0.15, 0.2) is 0 Å². The van der Waals surface area contributed by atoms with Crippen molar-refractivity contribution in [3.05, 3.63) is 12.2 Å². The average molecular weight is 792 g/mol. The van der Waals surface area contributed by atoms with E-state index in [4.69, 9.17) is 4.74 Å². The van der Waals surface area contributed by atoms with Crippen molar-refractivity contribution in [3.63, 3.8) is 0 Å². The molecule has 0 aliphatic rings. The average Bonchev–Trinajstić information content (AvgIpc) is 3.20. The first-order valence-corrected chi connectivity index (χ1v) is 24.9. The number of nitrogens with one attached hydrogen (secondary N) is 1. The molecule has 0 saturated carbocycles. The minimum atomic E-state index is -0.676. The van der Waals surface area contributed by atoms with Gasteiger partial charge in [-0.25, -0.2) is 0 Å². The Morgan fingerprint density at radius 2 is 0.839 bits per heavy atom. The first-order valence-electron chi connectivity index (χ1n) is 24.9. The van der Waals surface area contributed by atoms with Crippen molar-refractivity contribution >= 4 is 11.9 Å². The Morgan fingerprint density at radius 3 is 1.27 bits per heavy atom. The molecule has 0 aromatic carbocycles. The molecule has 0 rings (SSSR count). The van der Waals surface area contributed by atoms with Gasteiger partial charge in [-0.15, -0.1) is 0 Å². The monoisotopic (exact) mass is 792 g/mol. The van der Waals surface area contributed by atoms with E-state index in [-0.39, 0.29) is 18.5 Å². The molecule has 0 bridgehead atoms. The van der Waals surface area contributed by atoms with E-state index in [9.17, 15) is 19.8 Å². The Kier molecular flexibility index (Phi) is 45.1. The largest absolute Gasteiger partial charge is 0.466 e. The lowest BCUT2D eigenvalue weighted by Gasteiger charge is -2.22. The highest BCUT2D eigenvalue weighted by Gasteiger charge is 2.20. The first kappa shape index (κ1) is 54.6. The van der Waals surface area contributed by atoms with Gasteiger partial charge >= 0.3 is 5.97 Å². The standard InChI is InChI=1S/C50H97NO5/c1-3-5-7-9-11-13-15-16-17-18-19-20-21-22-23-28-32-36-40-44-50(55)56-45-41-37-33-29-25-24-27-31-35-39-43-49(54)51-47(46-52)48(53)42-38-34-30-26-14-12-10-8-6-4-2/h16-17,47-48,52-53H,3-15,18-46H2,1-2H3,(H,51,54)/b17-16-. The van der Waals surface area contributed by atoms with Gasteiger partial charge in [-0.2, -0.15) is 0 Å². The van der Waals surface area contributed by atoms with Gasteiger partial charge in [-0.05, 0) is 51.4 Å². The van der Waals surface area contributed by atoms with Gasteiger partial charge in [-0.3, -0.25) is 9.59 Å². The molecule has 2 atom stereocenters. The van der Waals surface area contributed by atoms with Gasteiger partial charge in [-0.1, -0.05) is 219 Å². The van der Waals surface area contributed by atoms with E-state index >= 15 is 0 Å². The van der Waals surface area contributed by atoms with Crippen molar-refractivity contribution in [3.8, 4) is 0 Å². The van der Waals surface area contributed by atoms with E-state index in [1.807, 2.05) is 0 Å². The lowest BCUT2D eigenvalue weighted by molar-refractivity contribution is -0.143. The molecule has 0 fully saturated rings. The van der Waals surface area contributed by atoms with Crippen LogP contribution in [-0.4, -0.2) is 47.4 Å². The molecule has 0 spiro atoms. The summed E-state index contributed by atoms with van der Waals surface area (Å²) in [6.45, 7) is 4.88. The maximum absolute atomic E-state index is 12.4. The maximum Gasteiger partial charge on any atom is 0.305 e. The number of amides is 1. The van der Waals surface area contributed by atoms with Crippen LogP contribution in [0.2, 0.25) is 0 Å². The Balaban J connectivity index is 3.43. The predicted molar refractivity (Wildman–Crippen MR) is 241 cm³/mol. The molecular weight excluding hydrogens is 695 g/mol. The highest BCUT2D eigenvalue weighted by atomic mass is 16.5. The van der Waals surface area contributed by atoms with Crippen LogP contribution in [0.4, 0.5) is 0 Å². The van der Waals surface area contributed by atoms with Crippen LogP contribution in [0.15, 0.2) is 12.2 Å². The van der Waals surface area contributed by atoms with Crippen molar-refractivity contribution in [2.24, 2.45) is 0 Å². The predicted octanol–water partition coefficient (Wildman–Crippen LogP) is 14.6. The normalized spacial score (nSPS) is 12.7. The lowest BCUT2D eigenvalue weighted by Crippen LogP contribution is -2.45. The summed E-state index contributed by atoms with van der Waals surface area (Å²) in [4.78, 5) is 24.4. The van der Waals surface area contributed by atoms with Gasteiger partial charge in [0.25, 0.3) is 0 Å². The van der Waals surface area contributed by atoms with E-state index in [2.05, 4.69) is 31.3 Å². The number of allylic oxidation sites excluding steroid dienone is 2. The zero-order valence-electron chi connectivity index (χ0n) is 37.6. The van der Waals surface area contributed by atoms with Crippen LogP contribution in [0.3, 0.4) is 0 Å². The molecule has 0 radical (unpaired) electrons. The molecule has 3 N–H and O–H groups in total. The van der Waals surface area contributed by atoms with Crippen molar-refractivity contribution in [2.45, 2.75) is 283 Å². The zero-order chi connectivity index (χ0) is 40.8. The Labute approximate surface area is 349 Å². The third-order valence-electron chi connectivity index (χ3n) is 11.6. The second-order valence-electron chi connectivity index (χ2n) is 17.1. The fraction of sp³-hybridized carbons (Fsp3) is 0.920. The third kappa shape index (κ3) is 42.2. The SMILES string of the molecule is CCCCCCCC/C=C\CCCCCCCCCCCC(=O)OCCCCCCCCCCCCC(=O)NC(CO)C(O)CCCCCCCCCCCC. The van der Waals surface area contributed by atoms with Crippen molar-refractivity contribution < 1.29 is 24.5 Å². The molecule has 0 heterocycles. The molecule has 332 valence electrons. The first-order chi connectivity index (χ1) is 27.5. The fourth-order valence-corrected chi connectivity index (χ4v) is 7.69. The van der Waals surface area contributed by atoms with E-state index in [1.54, 1.807) is 0 Å². The second-order valence-corrected chi connectivity index (χ2v) is 17.1. The number of ether oxygens (including phenoxy) is 1. The summed E-state index contributed by atoms with van der Waals surface area (Å²) in [7, 11) is 0. The smallest absolute Gasteiger partial charge is 0.305 e. The Bertz CT molecular complexity index is 832. The van der Waals surface area contributed by atoms with Gasteiger partial charge < -0.3 is 20.3 Å². The second kappa shape index (κ2) is 46.3. The van der Waals surface area contributed by atoms with Crippen molar-refractivity contribution in [2.75, 3.05) is 13.2 Å². The number of hydrogen-bond donors (Lipinski definition) is 3. The molecule has 2 unspecified atom stereocenters. The van der Waals surface area contributed by atoms with Crippen LogP contribution in [0, 0.1) is 0 Å². The molecular formula is C50H97NO5. The van der Waals surface area contributed by atoms with E-state index in [0.717, 1.165) is 57.8 Å². The number of hydrogen-bond acceptors (Lipinski definition) is 5. The highest BCUT2D eigenvalue weighted by molar-refractivity contribution is 5.76. The molecule has 6 heteroatoms. The van der Waals surface area contributed by atoms with Gasteiger partial charge in [0.2, 0.25) is 5.91 Å². The Hall–Kier alpha value is -1.40. The van der Waals surface area contributed by atoms with Crippen LogP contribution < -0.4 is 5.32 Å². The summed E-state index contributed by atoms with van der Waals surface area (Å²) in [5.74, 6) is -0.0786. The van der Waals surface area contributed by atoms with Crippen LogP contribution in [-0.2, 0) is 14.3 Å². The molecule has 6 nitrogen and oxygen atoms in total. The minimum Gasteiger partial charge on any atom is -0.466 e. The van der Waals surface area contributed by atoms with Crippen LogP contribution in [0.25, 0.3) is 0 Å². The molecule has 0 saturated heterocycles. The van der Waals surface area contributed by atoms with Crippen LogP contribution in [0.5, 0.6) is 0 Å². The fourth-order valence-electron chi connectivity index (χ4n) is 7.69. The molecule has 0 aromatic rings. The van der Waals surface area contributed by atoms with Crippen molar-refractivity contribution in [1.29, 1.82) is 0 Å². The number of carbonyl (C=O) groups excluding carboxylic acids is 2. The molecule has 0 aliphatic heterocycles. The zero-order valence-corrected chi connectivity index (χ0v) is 37.6. The van der Waals surface area contributed by atoms with E-state index < -0.39 is 12.1 Å². The minimum absolute atomic E-state index is 0.0195. The van der Waals surface area contributed by atoms with Crippen LogP contribution in [0.1, 0.15) is 271 Å². The topological polar surface area (TPSA) is 95.9 Å². The summed E-state index contributed by atoms with van der Waals surface area (Å²) in [6, 6.07) is -0.555. The summed E-state index contributed by atoms with van der Waals surface area (Å²) in [6.07, 6.45) is 51.8. The number of aliphatic hydroxyl groups is 2. The Morgan fingerprint density at radius 1 is 0.482 bits per heavy atom. The molecule has 0 aliphatic carbocycles. The number of esters is 1. The van der Waals surface area contributed by atoms with Gasteiger partial charge in [0.1, 0.15) is 0 Å². The molecule has 0 aromatic heterocycles. The quantitative estimate of drug-likeness (QED) is 0.0324. The van der Waals surface area contributed by atoms with Gasteiger partial charge in [0, 0.05) is 12.8 Å². The van der Waals surface area contributed by atoms with Crippen LogP contribution >= 0.6 is 0 Å². The number of rotatable bonds is 46. The number of unbranched alkanes of at least 4 members (excludes halogenated alkanes) is 33. The summed E-state index contributed by atoms with van der Waals surface area (Å²) in [5.41, 5.74) is 0. The summed E-state index contributed by atoms with van der Waals surface area (Å²) >= 11 is 0.